The number of rotatable bonds is 6. The van der Waals surface area contributed by atoms with Gasteiger partial charge in [0.05, 0.1) is 13.7 Å². The number of nitrogens with one attached hydrogen (secondary N) is 1. The number of anilines is 1. The Balaban J connectivity index is 1.09. The predicted molar refractivity (Wildman–Crippen MR) is 133 cm³/mol. The Bertz CT molecular complexity index is 1190. The molecule has 3 aromatic rings. The maximum absolute atomic E-state index is 12.8. The molecule has 1 unspecified atom stereocenters. The Morgan fingerprint density at radius 2 is 1.71 bits per heavy atom. The number of hydrogen-bond donors (Lipinski definition) is 1. The lowest BCUT2D eigenvalue weighted by molar-refractivity contribution is 0.0991. The van der Waals surface area contributed by atoms with Crippen molar-refractivity contribution in [3.8, 4) is 11.5 Å². The highest BCUT2D eigenvalue weighted by molar-refractivity contribution is 5.93. The number of carbonyl (C=O) groups is 2. The lowest BCUT2D eigenvalue weighted by Gasteiger charge is -2.35. The van der Waals surface area contributed by atoms with Crippen molar-refractivity contribution in [2.45, 2.75) is 25.0 Å². The Kier molecular flexibility index (Phi) is 6.61. The minimum absolute atomic E-state index is 0.0539. The zero-order valence-corrected chi connectivity index (χ0v) is 19.7. The molecule has 0 spiro atoms. The number of ether oxygens (including phenoxy) is 3. The summed E-state index contributed by atoms with van der Waals surface area (Å²) in [5.74, 6) is 1.46. The molecule has 8 nitrogen and oxygen atoms in total. The normalized spacial score (nSPS) is 18.4. The Morgan fingerprint density at radius 3 is 2.46 bits per heavy atom. The maximum atomic E-state index is 12.8. The molecular weight excluding hydrogens is 446 g/mol. The van der Waals surface area contributed by atoms with E-state index in [-0.39, 0.29) is 24.3 Å². The number of urea groups is 1. The number of fused-ring (bicyclic) bond motifs is 1. The van der Waals surface area contributed by atoms with Crippen molar-refractivity contribution in [1.29, 1.82) is 0 Å². The topological polar surface area (TPSA) is 80.3 Å². The summed E-state index contributed by atoms with van der Waals surface area (Å²) in [5.41, 5.74) is 0.777. The smallest absolute Gasteiger partial charge is 0.410 e. The van der Waals surface area contributed by atoms with Gasteiger partial charge in [0.2, 0.25) is 0 Å². The molecule has 0 radical (unpaired) electrons. The number of carbonyl (C=O) groups excluding carboxylic acids is 2. The molecule has 1 N–H and O–H groups in total. The minimum atomic E-state index is -0.321. The van der Waals surface area contributed by atoms with E-state index in [9.17, 15) is 9.59 Å². The van der Waals surface area contributed by atoms with Crippen LogP contribution < -0.4 is 14.8 Å². The van der Waals surface area contributed by atoms with Crippen LogP contribution in [-0.2, 0) is 4.74 Å². The number of amides is 3. The highest BCUT2D eigenvalue weighted by Gasteiger charge is 2.38. The van der Waals surface area contributed by atoms with Gasteiger partial charge in [0, 0.05) is 24.8 Å². The van der Waals surface area contributed by atoms with E-state index in [2.05, 4.69) is 5.32 Å². The summed E-state index contributed by atoms with van der Waals surface area (Å²) in [6, 6.07) is 21.2. The highest BCUT2D eigenvalue weighted by atomic mass is 16.6. The second-order valence-electron chi connectivity index (χ2n) is 8.85. The molecule has 2 aliphatic heterocycles. The van der Waals surface area contributed by atoms with Crippen molar-refractivity contribution >= 4 is 28.6 Å². The van der Waals surface area contributed by atoms with Crippen molar-refractivity contribution in [2.24, 2.45) is 0 Å². The second kappa shape index (κ2) is 10.1. The molecule has 2 saturated heterocycles. The SMILES string of the molecule is COc1ccc(OCC2CN(C3CCN(C(=O)Nc4ccc5ccccc5c4)CC3)C(=O)O2)cc1. The first-order valence-electron chi connectivity index (χ1n) is 11.9. The molecule has 3 amide bonds. The summed E-state index contributed by atoms with van der Waals surface area (Å²) in [6.45, 7) is 1.95. The summed E-state index contributed by atoms with van der Waals surface area (Å²) in [6.07, 6.45) is 0.796. The molecule has 2 heterocycles. The fourth-order valence-corrected chi connectivity index (χ4v) is 4.64. The van der Waals surface area contributed by atoms with Crippen molar-refractivity contribution in [2.75, 3.05) is 38.7 Å². The molecular formula is C27H29N3O5. The Labute approximate surface area is 204 Å². The van der Waals surface area contributed by atoms with Gasteiger partial charge in [-0.15, -0.1) is 0 Å². The molecule has 8 heteroatoms. The van der Waals surface area contributed by atoms with E-state index in [1.165, 1.54) is 0 Å². The molecule has 2 fully saturated rings. The zero-order chi connectivity index (χ0) is 24.2. The van der Waals surface area contributed by atoms with Gasteiger partial charge in [0.15, 0.2) is 6.10 Å². The third kappa shape index (κ3) is 5.26. The van der Waals surface area contributed by atoms with E-state index in [4.69, 9.17) is 14.2 Å². The second-order valence-corrected chi connectivity index (χ2v) is 8.85. The average Bonchev–Trinajstić information content (AvgIpc) is 3.28. The summed E-state index contributed by atoms with van der Waals surface area (Å²) in [7, 11) is 1.62. The molecule has 3 aromatic carbocycles. The van der Waals surface area contributed by atoms with Crippen LogP contribution in [0.25, 0.3) is 10.8 Å². The summed E-state index contributed by atoms with van der Waals surface area (Å²) in [4.78, 5) is 28.9. The van der Waals surface area contributed by atoms with Crippen molar-refractivity contribution in [3.05, 3.63) is 66.7 Å². The van der Waals surface area contributed by atoms with Crippen molar-refractivity contribution in [1.82, 2.24) is 9.80 Å². The van der Waals surface area contributed by atoms with E-state index in [0.717, 1.165) is 22.2 Å². The molecule has 2 aliphatic rings. The zero-order valence-electron chi connectivity index (χ0n) is 19.7. The first-order chi connectivity index (χ1) is 17.1. The van der Waals surface area contributed by atoms with Crippen LogP contribution in [0.2, 0.25) is 0 Å². The van der Waals surface area contributed by atoms with Gasteiger partial charge < -0.3 is 29.3 Å². The molecule has 0 aliphatic carbocycles. The maximum Gasteiger partial charge on any atom is 0.410 e. The average molecular weight is 476 g/mol. The first-order valence-corrected chi connectivity index (χ1v) is 11.9. The Hall–Kier alpha value is -3.94. The lowest BCUT2D eigenvalue weighted by atomic mass is 10.0. The fraction of sp³-hybridized carbons (Fsp3) is 0.333. The summed E-state index contributed by atoms with van der Waals surface area (Å²) >= 11 is 0. The third-order valence-electron chi connectivity index (χ3n) is 6.59. The number of likely N-dealkylation sites (tertiary alicyclic amines) is 1. The summed E-state index contributed by atoms with van der Waals surface area (Å²) < 4.78 is 16.5. The van der Waals surface area contributed by atoms with Gasteiger partial charge in [0.25, 0.3) is 0 Å². The fourth-order valence-electron chi connectivity index (χ4n) is 4.64. The van der Waals surface area contributed by atoms with E-state index in [0.29, 0.717) is 44.8 Å². The third-order valence-corrected chi connectivity index (χ3v) is 6.59. The van der Waals surface area contributed by atoms with Crippen LogP contribution in [-0.4, -0.2) is 67.4 Å². The van der Waals surface area contributed by atoms with Gasteiger partial charge in [-0.1, -0.05) is 30.3 Å². The van der Waals surface area contributed by atoms with Gasteiger partial charge in [-0.2, -0.15) is 0 Å². The molecule has 0 bridgehead atoms. The van der Waals surface area contributed by atoms with Crippen LogP contribution in [0.1, 0.15) is 12.8 Å². The Morgan fingerprint density at radius 1 is 1.00 bits per heavy atom. The number of methoxy groups -OCH3 is 1. The lowest BCUT2D eigenvalue weighted by Crippen LogP contribution is -2.48. The van der Waals surface area contributed by atoms with Crippen LogP contribution in [0.4, 0.5) is 15.3 Å². The number of benzene rings is 3. The summed E-state index contributed by atoms with van der Waals surface area (Å²) in [5, 5.41) is 5.22. The molecule has 5 rings (SSSR count). The standard InChI is InChI=1S/C27H29N3O5/c1-33-23-8-10-24(11-9-23)34-18-25-17-30(27(32)35-25)22-12-14-29(15-13-22)26(31)28-21-7-6-19-4-2-3-5-20(19)16-21/h2-11,16,22,25H,12-15,17-18H2,1H3,(H,28,31). The molecule has 35 heavy (non-hydrogen) atoms. The predicted octanol–water partition coefficient (Wildman–Crippen LogP) is 4.74. The van der Waals surface area contributed by atoms with E-state index in [1.54, 1.807) is 16.9 Å². The first kappa shape index (κ1) is 22.8. The van der Waals surface area contributed by atoms with E-state index < -0.39 is 0 Å². The van der Waals surface area contributed by atoms with Crippen LogP contribution in [0, 0.1) is 0 Å². The van der Waals surface area contributed by atoms with Gasteiger partial charge in [-0.25, -0.2) is 9.59 Å². The van der Waals surface area contributed by atoms with Crippen molar-refractivity contribution < 1.29 is 23.8 Å². The van der Waals surface area contributed by atoms with Crippen LogP contribution >= 0.6 is 0 Å². The molecule has 0 saturated carbocycles. The number of nitrogens with zero attached hydrogens (tertiary/aromatic N) is 2. The van der Waals surface area contributed by atoms with Gasteiger partial charge in [-0.3, -0.25) is 0 Å². The van der Waals surface area contributed by atoms with E-state index >= 15 is 0 Å². The number of piperidine rings is 1. The van der Waals surface area contributed by atoms with Crippen LogP contribution in [0.3, 0.4) is 0 Å². The molecule has 1 atom stereocenters. The molecule has 0 aromatic heterocycles. The molecule has 182 valence electrons. The van der Waals surface area contributed by atoms with Gasteiger partial charge in [-0.05, 0) is 60.0 Å². The van der Waals surface area contributed by atoms with Gasteiger partial charge in [0.1, 0.15) is 18.1 Å². The van der Waals surface area contributed by atoms with Gasteiger partial charge >= 0.3 is 12.1 Å². The van der Waals surface area contributed by atoms with E-state index in [1.807, 2.05) is 66.7 Å². The highest BCUT2D eigenvalue weighted by Crippen LogP contribution is 2.25. The quantitative estimate of drug-likeness (QED) is 0.557. The van der Waals surface area contributed by atoms with Crippen LogP contribution in [0.5, 0.6) is 11.5 Å². The largest absolute Gasteiger partial charge is 0.497 e. The number of cyclic esters (lactones) is 1. The van der Waals surface area contributed by atoms with Crippen LogP contribution in [0.15, 0.2) is 66.7 Å². The monoisotopic (exact) mass is 475 g/mol. The number of hydrogen-bond acceptors (Lipinski definition) is 5. The van der Waals surface area contributed by atoms with Crippen molar-refractivity contribution in [3.63, 3.8) is 0 Å². The minimum Gasteiger partial charge on any atom is -0.497 e.